The molecule has 0 saturated heterocycles. The van der Waals surface area contributed by atoms with Crippen LogP contribution in [0.1, 0.15) is 23.3 Å². The van der Waals surface area contributed by atoms with Crippen LogP contribution in [0.25, 0.3) is 21.8 Å². The van der Waals surface area contributed by atoms with Gasteiger partial charge >= 0.3 is 12.4 Å². The molecular formula is C30H21F6NO3S2. The molecule has 5 rings (SSSR count). The van der Waals surface area contributed by atoms with Crippen molar-refractivity contribution in [1.82, 2.24) is 4.57 Å². The van der Waals surface area contributed by atoms with Crippen LogP contribution in [0.2, 0.25) is 0 Å². The van der Waals surface area contributed by atoms with E-state index in [2.05, 4.69) is 0 Å². The highest BCUT2D eigenvalue weighted by molar-refractivity contribution is 7.95. The number of alkyl halides is 6. The number of fused-ring (bicyclic) bond motifs is 2. The van der Waals surface area contributed by atoms with Crippen molar-refractivity contribution in [3.8, 4) is 0 Å². The fourth-order valence-electron chi connectivity index (χ4n) is 4.42. The van der Waals surface area contributed by atoms with Crippen LogP contribution in [0, 0.1) is 0 Å². The molecule has 0 aliphatic heterocycles. The van der Waals surface area contributed by atoms with Gasteiger partial charge in [-0.3, -0.25) is 13.2 Å². The maximum Gasteiger partial charge on any atom is 0.420 e. The standard InChI is InChI=1S/C30H21F6NO3S2/c1-37-24-14-12-20(41-39-27(29(31,32)33)18-8-4-2-5-9-18)16-22(24)26(38)23-17-21(13-15-25(23)37)42-40-28(30(34,35)36)19-10-6-3-7-11-19/h2-17,27-28H,1H3. The molecule has 1 aromatic heterocycles. The van der Waals surface area contributed by atoms with Gasteiger partial charge in [-0.25, -0.2) is 0 Å². The summed E-state index contributed by atoms with van der Waals surface area (Å²) in [5.41, 5.74) is 0.476. The molecule has 42 heavy (non-hydrogen) atoms. The van der Waals surface area contributed by atoms with Crippen LogP contribution in [0.5, 0.6) is 0 Å². The summed E-state index contributed by atoms with van der Waals surface area (Å²) in [4.78, 5) is 14.1. The van der Waals surface area contributed by atoms with E-state index in [0.717, 1.165) is 0 Å². The first-order valence-corrected chi connectivity index (χ1v) is 13.9. The first-order chi connectivity index (χ1) is 19.9. The van der Waals surface area contributed by atoms with Gasteiger partial charge in [-0.05, 0) is 47.5 Å². The molecule has 2 unspecified atom stereocenters. The Morgan fingerprint density at radius 2 is 1.00 bits per heavy atom. The number of nitrogens with zero attached hydrogens (tertiary/aromatic N) is 1. The lowest BCUT2D eigenvalue weighted by Gasteiger charge is -2.20. The van der Waals surface area contributed by atoms with Gasteiger partial charge in [0.1, 0.15) is 0 Å². The lowest BCUT2D eigenvalue weighted by molar-refractivity contribution is -0.194. The van der Waals surface area contributed by atoms with E-state index in [-0.39, 0.29) is 31.7 Å². The van der Waals surface area contributed by atoms with Crippen molar-refractivity contribution < 1.29 is 34.7 Å². The number of halogens is 6. The third kappa shape index (κ3) is 6.46. The molecular weight excluding hydrogens is 600 g/mol. The minimum atomic E-state index is -4.67. The number of hydrogen-bond acceptors (Lipinski definition) is 5. The molecule has 1 heterocycles. The van der Waals surface area contributed by atoms with Crippen LogP contribution in [0.4, 0.5) is 26.3 Å². The molecule has 4 nitrogen and oxygen atoms in total. The van der Waals surface area contributed by atoms with Crippen LogP contribution < -0.4 is 5.43 Å². The number of pyridine rings is 1. The molecule has 0 aliphatic rings. The summed E-state index contributed by atoms with van der Waals surface area (Å²) in [5.74, 6) is 0. The number of aromatic nitrogens is 1. The van der Waals surface area contributed by atoms with Crippen LogP contribution in [0.3, 0.4) is 0 Å². The van der Waals surface area contributed by atoms with Gasteiger partial charge < -0.3 is 4.57 Å². The van der Waals surface area contributed by atoms with E-state index in [1.165, 1.54) is 60.7 Å². The van der Waals surface area contributed by atoms with E-state index >= 15 is 0 Å². The van der Waals surface area contributed by atoms with E-state index in [9.17, 15) is 31.1 Å². The quantitative estimate of drug-likeness (QED) is 0.0981. The van der Waals surface area contributed by atoms with Crippen molar-refractivity contribution >= 4 is 45.9 Å². The molecule has 4 aromatic carbocycles. The van der Waals surface area contributed by atoms with Crippen molar-refractivity contribution in [2.75, 3.05) is 0 Å². The topological polar surface area (TPSA) is 40.5 Å². The largest absolute Gasteiger partial charge is 0.420 e. The molecule has 218 valence electrons. The smallest absolute Gasteiger partial charge is 0.343 e. The first kappa shape index (κ1) is 30.0. The van der Waals surface area contributed by atoms with Crippen molar-refractivity contribution in [2.45, 2.75) is 34.4 Å². The lowest BCUT2D eigenvalue weighted by atomic mass is 10.1. The maximum atomic E-state index is 13.7. The number of benzene rings is 4. The van der Waals surface area contributed by atoms with E-state index in [1.807, 2.05) is 0 Å². The zero-order valence-corrected chi connectivity index (χ0v) is 23.3. The summed E-state index contributed by atoms with van der Waals surface area (Å²) in [7, 11) is 1.71. The van der Waals surface area contributed by atoms with Crippen molar-refractivity contribution in [3.05, 3.63) is 118 Å². The van der Waals surface area contributed by atoms with Gasteiger partial charge in [-0.15, -0.1) is 0 Å². The summed E-state index contributed by atoms with van der Waals surface area (Å²) in [6.45, 7) is 0. The Morgan fingerprint density at radius 1 is 0.619 bits per heavy atom. The summed E-state index contributed by atoms with van der Waals surface area (Å²) in [6, 6.07) is 23.6. The van der Waals surface area contributed by atoms with Gasteiger partial charge in [0.2, 0.25) is 0 Å². The molecule has 5 aromatic rings. The zero-order valence-electron chi connectivity index (χ0n) is 21.6. The van der Waals surface area contributed by atoms with Gasteiger partial charge in [0.15, 0.2) is 17.6 Å². The van der Waals surface area contributed by atoms with E-state index < -0.39 is 30.0 Å². The second-order valence-electron chi connectivity index (χ2n) is 9.27. The second-order valence-corrected chi connectivity index (χ2v) is 10.9. The zero-order chi connectivity index (χ0) is 30.1. The summed E-state index contributed by atoms with van der Waals surface area (Å²) in [5, 5.41) is 0.421. The van der Waals surface area contributed by atoms with Crippen molar-refractivity contribution in [1.29, 1.82) is 0 Å². The Bertz CT molecular complexity index is 1630. The molecule has 0 radical (unpaired) electrons. The minimum absolute atomic E-state index is 0.0625. The van der Waals surface area contributed by atoms with Crippen LogP contribution in [-0.2, 0) is 15.4 Å². The number of aryl methyl sites for hydroxylation is 1. The van der Waals surface area contributed by atoms with Crippen LogP contribution in [-0.4, -0.2) is 16.9 Å². The molecule has 0 bridgehead atoms. The maximum absolute atomic E-state index is 13.7. The first-order valence-electron chi connectivity index (χ1n) is 12.4. The third-order valence-electron chi connectivity index (χ3n) is 6.43. The average Bonchev–Trinajstić information content (AvgIpc) is 2.96. The number of rotatable bonds is 8. The van der Waals surface area contributed by atoms with Gasteiger partial charge in [-0.1, -0.05) is 60.7 Å². The predicted molar refractivity (Wildman–Crippen MR) is 151 cm³/mol. The Balaban J connectivity index is 1.44. The average molecular weight is 622 g/mol. The Kier molecular flexibility index (Phi) is 8.61. The fourth-order valence-corrected chi connectivity index (χ4v) is 5.85. The Labute approximate surface area is 244 Å². The predicted octanol–water partition coefficient (Wildman–Crippen LogP) is 9.35. The summed E-state index contributed by atoms with van der Waals surface area (Å²) in [6.07, 6.45) is -13.7. The van der Waals surface area contributed by atoms with Crippen molar-refractivity contribution in [2.24, 2.45) is 7.05 Å². The number of hydrogen-bond donors (Lipinski definition) is 0. The normalized spacial score (nSPS) is 13.9. The Hall–Kier alpha value is -3.45. The van der Waals surface area contributed by atoms with Gasteiger partial charge in [0.25, 0.3) is 0 Å². The molecule has 0 amide bonds. The second kappa shape index (κ2) is 12.0. The summed E-state index contributed by atoms with van der Waals surface area (Å²) >= 11 is 1.00. The van der Waals surface area contributed by atoms with Gasteiger partial charge in [0, 0.05) is 51.7 Å². The van der Waals surface area contributed by atoms with E-state index in [4.69, 9.17) is 8.37 Å². The molecule has 0 spiro atoms. The fraction of sp³-hybridized carbons (Fsp3) is 0.167. The van der Waals surface area contributed by atoms with E-state index in [1.54, 1.807) is 48.0 Å². The SMILES string of the molecule is Cn1c2ccc(SOC(c3ccccc3)C(F)(F)F)cc2c(=O)c2cc(SOC(c3ccccc3)C(F)(F)F)ccc21. The van der Waals surface area contributed by atoms with Gasteiger partial charge in [-0.2, -0.15) is 26.3 Å². The van der Waals surface area contributed by atoms with E-state index in [0.29, 0.717) is 35.1 Å². The molecule has 0 fully saturated rings. The molecule has 0 saturated carbocycles. The molecule has 0 aliphatic carbocycles. The minimum Gasteiger partial charge on any atom is -0.343 e. The molecule has 12 heteroatoms. The third-order valence-corrected chi connectivity index (χ3v) is 7.90. The van der Waals surface area contributed by atoms with Crippen LogP contribution >= 0.6 is 24.1 Å². The lowest BCUT2D eigenvalue weighted by Crippen LogP contribution is -2.21. The molecule has 0 N–H and O–H groups in total. The monoisotopic (exact) mass is 621 g/mol. The highest BCUT2D eigenvalue weighted by atomic mass is 32.2. The highest BCUT2D eigenvalue weighted by Gasteiger charge is 2.43. The van der Waals surface area contributed by atoms with Crippen LogP contribution in [0.15, 0.2) is 112 Å². The highest BCUT2D eigenvalue weighted by Crippen LogP contribution is 2.42. The Morgan fingerprint density at radius 3 is 1.36 bits per heavy atom. The molecule has 2 atom stereocenters. The van der Waals surface area contributed by atoms with Crippen molar-refractivity contribution in [3.63, 3.8) is 0 Å². The summed E-state index contributed by atoms with van der Waals surface area (Å²) < 4.78 is 94.3. The van der Waals surface area contributed by atoms with Gasteiger partial charge in [0.05, 0.1) is 11.0 Å².